The van der Waals surface area contributed by atoms with E-state index in [0.717, 1.165) is 13.3 Å². The summed E-state index contributed by atoms with van der Waals surface area (Å²) in [6.45, 7) is 2.03. The summed E-state index contributed by atoms with van der Waals surface area (Å²) in [4.78, 5) is 23.4. The van der Waals surface area contributed by atoms with Crippen LogP contribution in [0.3, 0.4) is 0 Å². The maximum absolute atomic E-state index is 12.1. The zero-order valence-corrected chi connectivity index (χ0v) is 15.1. The summed E-state index contributed by atoms with van der Waals surface area (Å²) in [6, 6.07) is 3.02. The van der Waals surface area contributed by atoms with E-state index in [2.05, 4.69) is 10.1 Å². The Morgan fingerprint density at radius 1 is 1.33 bits per heavy atom. The molecule has 0 radical (unpaired) electrons. The van der Waals surface area contributed by atoms with Gasteiger partial charge in [-0.3, -0.25) is 0 Å². The Labute approximate surface area is 153 Å². The normalized spacial score (nSPS) is 10.8. The molecule has 0 bridgehead atoms. The van der Waals surface area contributed by atoms with Gasteiger partial charge in [0.05, 0.1) is 34.5 Å². The number of rotatable bonds is 6. The lowest BCUT2D eigenvalue weighted by Gasteiger charge is -2.13. The number of esters is 2. The van der Waals surface area contributed by atoms with Crippen molar-refractivity contribution in [2.24, 2.45) is 0 Å². The van der Waals surface area contributed by atoms with Gasteiger partial charge in [0, 0.05) is 6.20 Å². The highest BCUT2D eigenvalue weighted by Gasteiger charge is 2.22. The van der Waals surface area contributed by atoms with Crippen LogP contribution in [0.4, 0.5) is 5.69 Å². The van der Waals surface area contributed by atoms with E-state index in [9.17, 15) is 9.59 Å². The molecule has 0 amide bonds. The van der Waals surface area contributed by atoms with Gasteiger partial charge in [-0.1, -0.05) is 41.7 Å². The molecule has 1 N–H and O–H groups in total. The minimum atomic E-state index is -0.830. The van der Waals surface area contributed by atoms with Crippen LogP contribution in [0.25, 0.3) is 0 Å². The molecule has 0 aliphatic carbocycles. The number of nitriles is 1. The van der Waals surface area contributed by atoms with E-state index in [0.29, 0.717) is 6.42 Å². The first kappa shape index (κ1) is 20.1. The third-order valence-corrected chi connectivity index (χ3v) is 3.88. The second kappa shape index (κ2) is 9.38. The van der Waals surface area contributed by atoms with Crippen molar-refractivity contribution in [2.75, 3.05) is 19.0 Å². The third kappa shape index (κ3) is 4.78. The fraction of sp³-hybridized carbons (Fsp3) is 0.267. The lowest BCUT2D eigenvalue weighted by atomic mass is 10.2. The molecule has 24 heavy (non-hydrogen) atoms. The predicted molar refractivity (Wildman–Crippen MR) is 91.4 cm³/mol. The van der Waals surface area contributed by atoms with Gasteiger partial charge < -0.3 is 14.8 Å². The van der Waals surface area contributed by atoms with Crippen LogP contribution in [-0.4, -0.2) is 25.7 Å². The van der Waals surface area contributed by atoms with E-state index in [1.165, 1.54) is 6.07 Å². The van der Waals surface area contributed by atoms with Crippen LogP contribution in [0.5, 0.6) is 0 Å². The SMILES string of the molecule is CCCOC(=O)c1c(Cl)c(Cl)cc(NC=C(C#N)C(=O)OC)c1Cl. The molecule has 0 aliphatic rings. The Balaban J connectivity index is 3.25. The van der Waals surface area contributed by atoms with E-state index < -0.39 is 11.9 Å². The number of halogens is 3. The standard InChI is InChI=1S/C15H13Cl3N2O4/c1-3-4-24-15(22)11-12(17)9(16)5-10(13(11)18)20-7-8(6-19)14(21)23-2/h5,7,20H,3-4H2,1-2H3. The quantitative estimate of drug-likeness (QED) is 0.338. The monoisotopic (exact) mass is 390 g/mol. The highest BCUT2D eigenvalue weighted by Crippen LogP contribution is 2.38. The first-order chi connectivity index (χ1) is 11.4. The Hall–Kier alpha value is -1.94. The summed E-state index contributed by atoms with van der Waals surface area (Å²) in [6.07, 6.45) is 1.71. The molecule has 6 nitrogen and oxygen atoms in total. The molecular formula is C15H13Cl3N2O4. The largest absolute Gasteiger partial charge is 0.465 e. The maximum atomic E-state index is 12.1. The fourth-order valence-electron chi connectivity index (χ4n) is 1.55. The molecule has 0 saturated carbocycles. The van der Waals surface area contributed by atoms with Gasteiger partial charge in [-0.25, -0.2) is 9.59 Å². The van der Waals surface area contributed by atoms with Crippen LogP contribution in [0, 0.1) is 11.3 Å². The van der Waals surface area contributed by atoms with Gasteiger partial charge in [0.15, 0.2) is 5.57 Å². The van der Waals surface area contributed by atoms with Crippen molar-refractivity contribution >= 4 is 52.4 Å². The zero-order valence-electron chi connectivity index (χ0n) is 12.8. The molecular weight excluding hydrogens is 379 g/mol. The molecule has 0 aliphatic heterocycles. The van der Waals surface area contributed by atoms with Crippen molar-refractivity contribution in [1.82, 2.24) is 0 Å². The first-order valence-electron chi connectivity index (χ1n) is 6.67. The van der Waals surface area contributed by atoms with Crippen LogP contribution in [0.2, 0.25) is 15.1 Å². The fourth-order valence-corrected chi connectivity index (χ4v) is 2.31. The van der Waals surface area contributed by atoms with Crippen LogP contribution in [-0.2, 0) is 14.3 Å². The second-order valence-corrected chi connectivity index (χ2v) is 5.51. The van der Waals surface area contributed by atoms with E-state index in [-0.39, 0.29) is 38.5 Å². The molecule has 0 heterocycles. The summed E-state index contributed by atoms with van der Waals surface area (Å²) in [5.74, 6) is -1.56. The van der Waals surface area contributed by atoms with E-state index >= 15 is 0 Å². The number of carbonyl (C=O) groups is 2. The molecule has 1 aromatic rings. The number of benzene rings is 1. The van der Waals surface area contributed by atoms with Crippen LogP contribution >= 0.6 is 34.8 Å². The number of hydrogen-bond donors (Lipinski definition) is 1. The van der Waals surface area contributed by atoms with E-state index in [1.54, 1.807) is 6.07 Å². The smallest absolute Gasteiger partial charge is 0.350 e. The summed E-state index contributed by atoms with van der Waals surface area (Å²) in [7, 11) is 1.14. The van der Waals surface area contributed by atoms with Crippen LogP contribution < -0.4 is 5.32 Å². The van der Waals surface area contributed by atoms with Gasteiger partial charge >= 0.3 is 11.9 Å². The average Bonchev–Trinajstić information content (AvgIpc) is 2.57. The second-order valence-electron chi connectivity index (χ2n) is 4.35. The van der Waals surface area contributed by atoms with Crippen LogP contribution in [0.1, 0.15) is 23.7 Å². The lowest BCUT2D eigenvalue weighted by Crippen LogP contribution is -2.09. The minimum Gasteiger partial charge on any atom is -0.465 e. The van der Waals surface area contributed by atoms with Crippen molar-refractivity contribution in [3.63, 3.8) is 0 Å². The predicted octanol–water partition coefficient (Wildman–Crippen LogP) is 4.21. The summed E-state index contributed by atoms with van der Waals surface area (Å²) in [5, 5.41) is 11.5. The van der Waals surface area contributed by atoms with Gasteiger partial charge in [0.1, 0.15) is 11.6 Å². The number of anilines is 1. The van der Waals surface area contributed by atoms with E-state index in [4.69, 9.17) is 44.8 Å². The van der Waals surface area contributed by atoms with Crippen molar-refractivity contribution in [1.29, 1.82) is 5.26 Å². The van der Waals surface area contributed by atoms with Crippen LogP contribution in [0.15, 0.2) is 17.8 Å². The van der Waals surface area contributed by atoms with Crippen molar-refractivity contribution in [2.45, 2.75) is 13.3 Å². The van der Waals surface area contributed by atoms with Gasteiger partial charge in [-0.05, 0) is 12.5 Å². The topological polar surface area (TPSA) is 88.4 Å². The van der Waals surface area contributed by atoms with Gasteiger partial charge in [0.25, 0.3) is 0 Å². The molecule has 128 valence electrons. The Kier molecular flexibility index (Phi) is 7.86. The van der Waals surface area contributed by atoms with Gasteiger partial charge in [-0.2, -0.15) is 5.26 Å². The molecule has 0 unspecified atom stereocenters. The van der Waals surface area contributed by atoms with Gasteiger partial charge in [0.2, 0.25) is 0 Å². The first-order valence-corrected chi connectivity index (χ1v) is 7.80. The van der Waals surface area contributed by atoms with Crippen molar-refractivity contribution < 1.29 is 19.1 Å². The molecule has 9 heteroatoms. The highest BCUT2D eigenvalue weighted by molar-refractivity contribution is 6.47. The Bertz CT molecular complexity index is 726. The van der Waals surface area contributed by atoms with Crippen molar-refractivity contribution in [3.8, 4) is 6.07 Å². The maximum Gasteiger partial charge on any atom is 0.350 e. The van der Waals surface area contributed by atoms with Gasteiger partial charge in [-0.15, -0.1) is 0 Å². The number of nitrogens with one attached hydrogen (secondary N) is 1. The molecule has 0 spiro atoms. The van der Waals surface area contributed by atoms with Crippen molar-refractivity contribution in [3.05, 3.63) is 38.5 Å². The number of carbonyl (C=O) groups excluding carboxylic acids is 2. The Morgan fingerprint density at radius 3 is 2.54 bits per heavy atom. The molecule has 0 saturated heterocycles. The lowest BCUT2D eigenvalue weighted by molar-refractivity contribution is -0.135. The molecule has 0 fully saturated rings. The number of ether oxygens (including phenoxy) is 2. The summed E-state index contributed by atoms with van der Waals surface area (Å²) >= 11 is 18.2. The minimum absolute atomic E-state index is 0.0502. The average molecular weight is 392 g/mol. The molecule has 0 aromatic heterocycles. The molecule has 1 aromatic carbocycles. The zero-order chi connectivity index (χ0) is 18.3. The number of hydrogen-bond acceptors (Lipinski definition) is 6. The summed E-state index contributed by atoms with van der Waals surface area (Å²) in [5.41, 5.74) is -0.229. The third-order valence-electron chi connectivity index (χ3n) is 2.70. The van der Waals surface area contributed by atoms with E-state index in [1.807, 2.05) is 6.92 Å². The molecule has 1 rings (SSSR count). The highest BCUT2D eigenvalue weighted by atomic mass is 35.5. The molecule has 0 atom stereocenters. The number of nitrogens with zero attached hydrogens (tertiary/aromatic N) is 1. The summed E-state index contributed by atoms with van der Waals surface area (Å²) < 4.78 is 9.46. The number of methoxy groups -OCH3 is 1. The Morgan fingerprint density at radius 2 is 2.00 bits per heavy atom.